The quantitative estimate of drug-likeness (QED) is 0.433. The third-order valence-electron chi connectivity index (χ3n) is 1.07. The zero-order chi connectivity index (χ0) is 13.1. The summed E-state index contributed by atoms with van der Waals surface area (Å²) in [6, 6.07) is 0. The Labute approximate surface area is 164 Å². The molecule has 19 heavy (non-hydrogen) atoms. The molecule has 0 N–H and O–H groups in total. The van der Waals surface area contributed by atoms with Gasteiger partial charge < -0.3 is 39.6 Å². The Balaban J connectivity index is -0.0000000594. The number of rotatable bonds is 6. The predicted molar refractivity (Wildman–Crippen MR) is 38.5 cm³/mol. The van der Waals surface area contributed by atoms with Gasteiger partial charge in [0.15, 0.2) is 0 Å². The van der Waals surface area contributed by atoms with E-state index < -0.39 is 49.6 Å². The zero-order valence-corrected chi connectivity index (χ0v) is 15.6. The first-order chi connectivity index (χ1) is 7.25. The molecule has 0 aliphatic heterocycles. The molecule has 0 rings (SSSR count). The van der Waals surface area contributed by atoms with Crippen LogP contribution in [-0.2, 0) is 36.2 Å². The molecule has 0 aliphatic rings. The van der Waals surface area contributed by atoms with E-state index in [2.05, 4.69) is 0 Å². The van der Waals surface area contributed by atoms with Gasteiger partial charge >= 0.3 is 76.2 Å². The van der Waals surface area contributed by atoms with Crippen LogP contribution in [0.1, 0.15) is 25.7 Å². The molecule has 0 saturated heterocycles. The predicted octanol–water partition coefficient (Wildman–Crippen LogP) is -11.5. The Hall–Kier alpha value is 0.399. The maximum Gasteiger partial charge on any atom is 2.00 e. The molecule has 0 bridgehead atoms. The van der Waals surface area contributed by atoms with Gasteiger partial charge in [-0.15, -0.1) is 0 Å². The molecule has 0 fully saturated rings. The van der Waals surface area contributed by atoms with Crippen molar-refractivity contribution >= 4 is 23.9 Å². The second-order valence-corrected chi connectivity index (χ2v) is 2.49. The molecule has 0 aromatic carbocycles. The Morgan fingerprint density at radius 3 is 0.684 bits per heavy atom. The number of carbonyl (C=O) groups is 4. The maximum atomic E-state index is 9.50. The molecule has 0 saturated carbocycles. The number of hydrogen-bond donors (Lipinski definition) is 0. The van der Waals surface area contributed by atoms with Crippen LogP contribution in [0.3, 0.4) is 0 Å². The molecule has 0 radical (unpaired) electrons. The van der Waals surface area contributed by atoms with Crippen molar-refractivity contribution in [1.29, 1.82) is 0 Å². The molecule has 0 heterocycles. The van der Waals surface area contributed by atoms with E-state index in [9.17, 15) is 39.6 Å². The molecule has 98 valence electrons. The first kappa shape index (κ1) is 31.7. The topological polar surface area (TPSA) is 161 Å². The van der Waals surface area contributed by atoms with Gasteiger partial charge in [-0.05, 0) is 25.7 Å². The number of aliphatic carboxylic acids is 4. The summed E-state index contributed by atoms with van der Waals surface area (Å²) >= 11 is 0. The number of carboxylic acids is 4. The Kier molecular flexibility index (Phi) is 34.5. The van der Waals surface area contributed by atoms with Gasteiger partial charge in [0.05, 0.1) is 0 Å². The van der Waals surface area contributed by atoms with Crippen molar-refractivity contribution in [2.24, 2.45) is 0 Å². The van der Waals surface area contributed by atoms with E-state index in [1.54, 1.807) is 0 Å². The van der Waals surface area contributed by atoms with Crippen LogP contribution >= 0.6 is 0 Å². The van der Waals surface area contributed by atoms with E-state index >= 15 is 0 Å². The minimum absolute atomic E-state index is 0. The van der Waals surface area contributed by atoms with Crippen LogP contribution in [0.15, 0.2) is 0 Å². The normalized spacial score (nSPS) is 7.16. The SMILES string of the molecule is O=C([O-])CCC(=O)[O-].O=C([O-])CCC(=O)[O-].[Fe+2].[Na+].[Na+]. The van der Waals surface area contributed by atoms with Crippen LogP contribution < -0.4 is 79.5 Å². The summed E-state index contributed by atoms with van der Waals surface area (Å²) in [4.78, 5) is 38.0. The van der Waals surface area contributed by atoms with Gasteiger partial charge in [0, 0.05) is 23.9 Å². The molecule has 0 unspecified atom stereocenters. The van der Waals surface area contributed by atoms with Gasteiger partial charge in [0.25, 0.3) is 0 Å². The molecule has 0 spiro atoms. The second kappa shape index (κ2) is 20.7. The molecule has 0 aromatic heterocycles. The van der Waals surface area contributed by atoms with Gasteiger partial charge in [-0.2, -0.15) is 0 Å². The van der Waals surface area contributed by atoms with E-state index in [1.165, 1.54) is 0 Å². The van der Waals surface area contributed by atoms with Crippen LogP contribution in [0.25, 0.3) is 0 Å². The van der Waals surface area contributed by atoms with Crippen LogP contribution in [0.4, 0.5) is 0 Å². The van der Waals surface area contributed by atoms with E-state index in [1.807, 2.05) is 0 Å². The van der Waals surface area contributed by atoms with Crippen LogP contribution in [0.2, 0.25) is 0 Å². The molecule has 0 amide bonds. The van der Waals surface area contributed by atoms with E-state index in [0.29, 0.717) is 0 Å². The van der Waals surface area contributed by atoms with Gasteiger partial charge in [0.1, 0.15) is 0 Å². The molecular formula is C8H8FeNa2O8. The van der Waals surface area contributed by atoms with Gasteiger partial charge in [0.2, 0.25) is 0 Å². The largest absolute Gasteiger partial charge is 2.00 e. The van der Waals surface area contributed by atoms with Crippen LogP contribution in [0, 0.1) is 0 Å². The van der Waals surface area contributed by atoms with Crippen molar-refractivity contribution in [3.63, 3.8) is 0 Å². The summed E-state index contributed by atoms with van der Waals surface area (Å²) < 4.78 is 0. The third kappa shape index (κ3) is 45.8. The fourth-order valence-corrected chi connectivity index (χ4v) is 0.408. The van der Waals surface area contributed by atoms with E-state index in [0.717, 1.165) is 0 Å². The minimum Gasteiger partial charge on any atom is -0.550 e. The van der Waals surface area contributed by atoms with Crippen molar-refractivity contribution in [3.05, 3.63) is 0 Å². The van der Waals surface area contributed by atoms with Crippen molar-refractivity contribution in [2.45, 2.75) is 25.7 Å². The molecule has 11 heteroatoms. The maximum absolute atomic E-state index is 9.50. The number of carboxylic acid groups (broad SMARTS) is 4. The fraction of sp³-hybridized carbons (Fsp3) is 0.500. The number of carbonyl (C=O) groups excluding carboxylic acids is 4. The summed E-state index contributed by atoms with van der Waals surface area (Å²) in [5, 5.41) is 38.0. The summed E-state index contributed by atoms with van der Waals surface area (Å²) in [5.41, 5.74) is 0. The van der Waals surface area contributed by atoms with Gasteiger partial charge in [-0.3, -0.25) is 0 Å². The smallest absolute Gasteiger partial charge is 0.550 e. The summed E-state index contributed by atoms with van der Waals surface area (Å²) in [5.74, 6) is -5.47. The van der Waals surface area contributed by atoms with Crippen molar-refractivity contribution in [1.82, 2.24) is 0 Å². The fourth-order valence-electron chi connectivity index (χ4n) is 0.408. The Bertz CT molecular complexity index is 228. The van der Waals surface area contributed by atoms with Crippen LogP contribution in [-0.4, -0.2) is 23.9 Å². The van der Waals surface area contributed by atoms with Crippen LogP contribution in [0.5, 0.6) is 0 Å². The zero-order valence-electron chi connectivity index (χ0n) is 10.4. The molecular weight excluding hydrogens is 326 g/mol. The van der Waals surface area contributed by atoms with Gasteiger partial charge in [-0.25, -0.2) is 0 Å². The minimum atomic E-state index is -1.37. The van der Waals surface area contributed by atoms with Crippen molar-refractivity contribution in [3.8, 4) is 0 Å². The van der Waals surface area contributed by atoms with Gasteiger partial charge in [-0.1, -0.05) is 0 Å². The Morgan fingerprint density at radius 2 is 0.632 bits per heavy atom. The van der Waals surface area contributed by atoms with E-state index in [-0.39, 0.29) is 76.2 Å². The average molecular weight is 334 g/mol. The summed E-state index contributed by atoms with van der Waals surface area (Å²) in [6.45, 7) is 0. The molecule has 0 atom stereocenters. The third-order valence-corrected chi connectivity index (χ3v) is 1.07. The first-order valence-electron chi connectivity index (χ1n) is 4.05. The molecule has 0 aliphatic carbocycles. The average Bonchev–Trinajstić information content (AvgIpc) is 2.12. The second-order valence-electron chi connectivity index (χ2n) is 2.49. The molecule has 0 aromatic rings. The summed E-state index contributed by atoms with van der Waals surface area (Å²) in [6.07, 6.45) is -1.88. The van der Waals surface area contributed by atoms with Crippen molar-refractivity contribution < 1.29 is 116 Å². The monoisotopic (exact) mass is 334 g/mol. The van der Waals surface area contributed by atoms with E-state index in [4.69, 9.17) is 0 Å². The standard InChI is InChI=1S/2C4H6O4.Fe.2Na/c2*5-3(6)1-2-4(7)8;;;/h2*1-2H2,(H,5,6)(H,7,8);;;/q;;+2;2*+1/p-4. The molecule has 8 nitrogen and oxygen atoms in total. The Morgan fingerprint density at radius 1 is 0.526 bits per heavy atom. The van der Waals surface area contributed by atoms with Crippen molar-refractivity contribution in [2.75, 3.05) is 0 Å². The summed E-state index contributed by atoms with van der Waals surface area (Å²) in [7, 11) is 0. The first-order valence-corrected chi connectivity index (χ1v) is 4.05. The number of hydrogen-bond acceptors (Lipinski definition) is 8.